The summed E-state index contributed by atoms with van der Waals surface area (Å²) in [5.74, 6) is -0.719. The van der Waals surface area contributed by atoms with Crippen LogP contribution in [0, 0.1) is 13.8 Å². The van der Waals surface area contributed by atoms with Crippen LogP contribution in [-0.2, 0) is 16.1 Å². The lowest BCUT2D eigenvalue weighted by Gasteiger charge is -2.19. The summed E-state index contributed by atoms with van der Waals surface area (Å²) in [4.78, 5) is 43.3. The molecule has 36 heavy (non-hydrogen) atoms. The van der Waals surface area contributed by atoms with Crippen molar-refractivity contribution in [1.82, 2.24) is 9.55 Å². The maximum Gasteiger partial charge on any atom is 0.339 e. The van der Waals surface area contributed by atoms with E-state index in [4.69, 9.17) is 9.47 Å². The fourth-order valence-corrected chi connectivity index (χ4v) is 4.01. The molecule has 4 aromatic rings. The van der Waals surface area contributed by atoms with E-state index in [0.717, 1.165) is 5.56 Å². The highest BCUT2D eigenvalue weighted by Gasteiger charge is 2.27. The number of rotatable bonds is 7. The van der Waals surface area contributed by atoms with Crippen LogP contribution < -0.4 is 15.6 Å². The number of carbonyl (C=O) groups excluding carboxylic acids is 2. The lowest BCUT2D eigenvalue weighted by atomic mass is 10.1. The molecule has 184 valence electrons. The van der Waals surface area contributed by atoms with Crippen LogP contribution in [0.15, 0.2) is 71.5 Å². The minimum atomic E-state index is -1.21. The fourth-order valence-electron chi connectivity index (χ4n) is 4.01. The molecule has 0 aliphatic carbocycles. The topological polar surface area (TPSA) is 99.5 Å². The number of esters is 1. The van der Waals surface area contributed by atoms with E-state index in [0.29, 0.717) is 40.3 Å². The van der Waals surface area contributed by atoms with E-state index < -0.39 is 18.0 Å². The Labute approximate surface area is 208 Å². The molecule has 0 spiro atoms. The van der Waals surface area contributed by atoms with Crippen LogP contribution in [0.1, 0.15) is 40.2 Å². The number of methoxy groups -OCH3 is 1. The van der Waals surface area contributed by atoms with Gasteiger partial charge in [0.2, 0.25) is 6.10 Å². The van der Waals surface area contributed by atoms with E-state index in [1.165, 1.54) is 7.11 Å². The largest absolute Gasteiger partial charge is 0.495 e. The standard InChI is InChI=1S/C28H27N3O5/c1-5-31-23-13-12-20(16-21(23)29-18(3)27(31)33)28(34)36-25(19-9-7-6-8-10-19)26(32)30-22-15-17(2)11-14-24(22)35-4/h6-16,25H,5H2,1-4H3,(H,30,32)/t25-/m0/s1. The monoisotopic (exact) mass is 485 g/mol. The third kappa shape index (κ3) is 4.98. The lowest BCUT2D eigenvalue weighted by molar-refractivity contribution is -0.125. The number of aryl methyl sites for hydroxylation is 3. The van der Waals surface area contributed by atoms with Crippen LogP contribution in [0.2, 0.25) is 0 Å². The van der Waals surface area contributed by atoms with E-state index in [-0.39, 0.29) is 11.1 Å². The number of aromatic nitrogens is 2. The first-order chi connectivity index (χ1) is 17.3. The van der Waals surface area contributed by atoms with Gasteiger partial charge in [0, 0.05) is 12.1 Å². The first kappa shape index (κ1) is 24.7. The second-order valence-electron chi connectivity index (χ2n) is 8.34. The number of carbonyl (C=O) groups is 2. The fraction of sp³-hybridized carbons (Fsp3) is 0.214. The number of fused-ring (bicyclic) bond motifs is 1. The van der Waals surface area contributed by atoms with Crippen LogP contribution in [0.4, 0.5) is 5.69 Å². The van der Waals surface area contributed by atoms with Gasteiger partial charge >= 0.3 is 5.97 Å². The van der Waals surface area contributed by atoms with Gasteiger partial charge in [-0.3, -0.25) is 9.59 Å². The van der Waals surface area contributed by atoms with Gasteiger partial charge in [0.25, 0.3) is 11.5 Å². The molecule has 1 atom stereocenters. The first-order valence-electron chi connectivity index (χ1n) is 11.5. The molecule has 1 aromatic heterocycles. The maximum absolute atomic E-state index is 13.3. The third-order valence-electron chi connectivity index (χ3n) is 5.84. The highest BCUT2D eigenvalue weighted by Crippen LogP contribution is 2.28. The number of ether oxygens (including phenoxy) is 2. The zero-order chi connectivity index (χ0) is 25.8. The van der Waals surface area contributed by atoms with Gasteiger partial charge in [-0.25, -0.2) is 9.78 Å². The van der Waals surface area contributed by atoms with Crippen LogP contribution in [0.5, 0.6) is 5.75 Å². The summed E-state index contributed by atoms with van der Waals surface area (Å²) in [5.41, 5.74) is 3.42. The maximum atomic E-state index is 13.3. The number of benzene rings is 3. The zero-order valence-electron chi connectivity index (χ0n) is 20.6. The average Bonchev–Trinajstić information content (AvgIpc) is 2.88. The Bertz CT molecular complexity index is 1490. The predicted molar refractivity (Wildman–Crippen MR) is 137 cm³/mol. The van der Waals surface area contributed by atoms with E-state index in [9.17, 15) is 14.4 Å². The second kappa shape index (κ2) is 10.4. The van der Waals surface area contributed by atoms with E-state index in [1.54, 1.807) is 66.1 Å². The molecule has 0 unspecified atom stereocenters. The van der Waals surface area contributed by atoms with Crippen LogP contribution >= 0.6 is 0 Å². The average molecular weight is 486 g/mol. The number of amides is 1. The van der Waals surface area contributed by atoms with Crippen molar-refractivity contribution in [3.8, 4) is 5.75 Å². The summed E-state index contributed by atoms with van der Waals surface area (Å²) in [6.07, 6.45) is -1.21. The van der Waals surface area contributed by atoms with Crippen LogP contribution in [0.25, 0.3) is 11.0 Å². The third-order valence-corrected chi connectivity index (χ3v) is 5.84. The van der Waals surface area contributed by atoms with Gasteiger partial charge in [0.15, 0.2) is 0 Å². The van der Waals surface area contributed by atoms with Crippen molar-refractivity contribution in [3.63, 3.8) is 0 Å². The van der Waals surface area contributed by atoms with E-state index in [2.05, 4.69) is 10.3 Å². The van der Waals surface area contributed by atoms with E-state index in [1.807, 2.05) is 26.0 Å². The molecule has 1 amide bonds. The molecule has 0 saturated heterocycles. The van der Waals surface area contributed by atoms with Gasteiger partial charge in [-0.05, 0) is 56.7 Å². The Morgan fingerprint density at radius 2 is 1.78 bits per heavy atom. The number of nitrogens with zero attached hydrogens (tertiary/aromatic N) is 2. The normalized spacial score (nSPS) is 11.7. The lowest BCUT2D eigenvalue weighted by Crippen LogP contribution is -2.26. The van der Waals surface area contributed by atoms with Crippen molar-refractivity contribution in [2.75, 3.05) is 12.4 Å². The first-order valence-corrected chi connectivity index (χ1v) is 11.5. The van der Waals surface area contributed by atoms with Gasteiger partial charge in [-0.2, -0.15) is 0 Å². The Kier molecular flexibility index (Phi) is 7.15. The number of hydrogen-bond acceptors (Lipinski definition) is 6. The van der Waals surface area contributed by atoms with E-state index >= 15 is 0 Å². The molecular formula is C28H27N3O5. The molecule has 0 bridgehead atoms. The number of nitrogens with one attached hydrogen (secondary N) is 1. The van der Waals surface area contributed by atoms with Crippen molar-refractivity contribution < 1.29 is 19.1 Å². The Morgan fingerprint density at radius 1 is 1.03 bits per heavy atom. The van der Waals surface area contributed by atoms with Gasteiger partial charge in [0.1, 0.15) is 11.4 Å². The molecule has 0 radical (unpaired) electrons. The summed E-state index contributed by atoms with van der Waals surface area (Å²) in [7, 11) is 1.52. The van der Waals surface area contributed by atoms with Gasteiger partial charge in [-0.15, -0.1) is 0 Å². The van der Waals surface area contributed by atoms with Gasteiger partial charge in [-0.1, -0.05) is 36.4 Å². The molecule has 8 heteroatoms. The molecule has 0 aliphatic heterocycles. The van der Waals surface area contributed by atoms with Crippen molar-refractivity contribution in [3.05, 3.63) is 99.5 Å². The number of hydrogen-bond donors (Lipinski definition) is 1. The molecule has 3 aromatic carbocycles. The van der Waals surface area contributed by atoms with Gasteiger partial charge < -0.3 is 19.4 Å². The van der Waals surface area contributed by atoms with Crippen molar-refractivity contribution in [2.45, 2.75) is 33.4 Å². The molecule has 1 N–H and O–H groups in total. The summed E-state index contributed by atoms with van der Waals surface area (Å²) in [5, 5.41) is 2.82. The highest BCUT2D eigenvalue weighted by atomic mass is 16.5. The summed E-state index contributed by atoms with van der Waals surface area (Å²) < 4.78 is 12.7. The van der Waals surface area contributed by atoms with Gasteiger partial charge in [0.05, 0.1) is 29.4 Å². The Morgan fingerprint density at radius 3 is 2.47 bits per heavy atom. The molecule has 4 rings (SSSR count). The summed E-state index contributed by atoms with van der Waals surface area (Å²) in [6, 6.07) is 19.0. The summed E-state index contributed by atoms with van der Waals surface area (Å²) >= 11 is 0. The SMILES string of the molecule is CCn1c(=O)c(C)nc2cc(C(=O)O[C@H](C(=O)Nc3cc(C)ccc3OC)c3ccccc3)ccc21. The highest BCUT2D eigenvalue weighted by molar-refractivity contribution is 6.00. The number of anilines is 1. The second-order valence-corrected chi connectivity index (χ2v) is 8.34. The molecule has 0 saturated carbocycles. The zero-order valence-corrected chi connectivity index (χ0v) is 20.6. The van der Waals surface area contributed by atoms with Crippen LogP contribution in [0.3, 0.4) is 0 Å². The molecule has 0 aliphatic rings. The Balaban J connectivity index is 1.67. The molecule has 1 heterocycles. The smallest absolute Gasteiger partial charge is 0.339 e. The quantitative estimate of drug-likeness (QED) is 0.385. The van der Waals surface area contributed by atoms with Crippen LogP contribution in [-0.4, -0.2) is 28.5 Å². The van der Waals surface area contributed by atoms with Crippen molar-refractivity contribution in [1.29, 1.82) is 0 Å². The molecule has 8 nitrogen and oxygen atoms in total. The minimum absolute atomic E-state index is 0.173. The summed E-state index contributed by atoms with van der Waals surface area (Å²) in [6.45, 7) is 5.88. The van der Waals surface area contributed by atoms with Crippen molar-refractivity contribution in [2.24, 2.45) is 0 Å². The molecule has 0 fully saturated rings. The predicted octanol–water partition coefficient (Wildman–Crippen LogP) is 4.58. The molecular weight excluding hydrogens is 458 g/mol. The Hall–Kier alpha value is -4.46. The van der Waals surface area contributed by atoms with Crippen molar-refractivity contribution >= 4 is 28.6 Å². The minimum Gasteiger partial charge on any atom is -0.495 e.